The summed E-state index contributed by atoms with van der Waals surface area (Å²) in [5.74, 6) is 0.689. The van der Waals surface area contributed by atoms with E-state index in [1.807, 2.05) is 24.3 Å². The summed E-state index contributed by atoms with van der Waals surface area (Å²) in [6, 6.07) is 14.5. The Labute approximate surface area is 179 Å². The molecule has 3 N–H and O–H groups in total. The molecule has 1 heterocycles. The number of carbonyl (C=O) groups is 1. The lowest BCUT2D eigenvalue weighted by Crippen LogP contribution is -2.37. The van der Waals surface area contributed by atoms with Crippen LogP contribution in [0.5, 0.6) is 0 Å². The number of rotatable bonds is 7. The van der Waals surface area contributed by atoms with E-state index in [1.54, 1.807) is 7.05 Å². The second-order valence-corrected chi connectivity index (χ2v) is 7.79. The van der Waals surface area contributed by atoms with E-state index in [2.05, 4.69) is 53.0 Å². The van der Waals surface area contributed by atoms with Gasteiger partial charge < -0.3 is 20.7 Å². The molecule has 0 spiro atoms. The minimum absolute atomic E-state index is 0.0681. The molecule has 2 aromatic rings. The Bertz CT molecular complexity index is 868. The number of ether oxygens (including phenoxy) is 1. The first-order valence-electron chi connectivity index (χ1n) is 10.6. The molecule has 1 aliphatic rings. The average molecular weight is 409 g/mol. The number of guanidine groups is 1. The molecule has 1 unspecified atom stereocenters. The van der Waals surface area contributed by atoms with Gasteiger partial charge >= 0.3 is 0 Å². The van der Waals surface area contributed by atoms with Gasteiger partial charge in [0.15, 0.2) is 5.96 Å². The van der Waals surface area contributed by atoms with Crippen LogP contribution in [0.4, 0.5) is 5.69 Å². The summed E-state index contributed by atoms with van der Waals surface area (Å²) in [7, 11) is 1.77. The summed E-state index contributed by atoms with van der Waals surface area (Å²) < 4.78 is 5.44. The van der Waals surface area contributed by atoms with Gasteiger partial charge in [-0.1, -0.05) is 41.5 Å². The minimum atomic E-state index is -0.327. The largest absolute Gasteiger partial charge is 0.368 e. The fraction of sp³-hybridized carbons (Fsp3) is 0.417. The van der Waals surface area contributed by atoms with Gasteiger partial charge in [-0.25, -0.2) is 0 Å². The minimum Gasteiger partial charge on any atom is -0.368 e. The van der Waals surface area contributed by atoms with Gasteiger partial charge in [0.1, 0.15) is 6.10 Å². The lowest BCUT2D eigenvalue weighted by atomic mass is 10.1. The normalized spacial score (nSPS) is 16.4. The van der Waals surface area contributed by atoms with Crippen LogP contribution in [0.3, 0.4) is 0 Å². The van der Waals surface area contributed by atoms with Crippen LogP contribution in [0.1, 0.15) is 35.1 Å². The van der Waals surface area contributed by atoms with E-state index in [0.29, 0.717) is 13.2 Å². The Morgan fingerprint density at radius 2 is 1.90 bits per heavy atom. The first-order valence-corrected chi connectivity index (χ1v) is 10.6. The van der Waals surface area contributed by atoms with Gasteiger partial charge in [0.2, 0.25) is 0 Å². The van der Waals surface area contributed by atoms with E-state index < -0.39 is 0 Å². The molecule has 0 radical (unpaired) electrons. The molecular formula is C24H32N4O2. The highest BCUT2D eigenvalue weighted by atomic mass is 16.5. The molecule has 6 nitrogen and oxygen atoms in total. The van der Waals surface area contributed by atoms with Crippen LogP contribution in [0.25, 0.3) is 0 Å². The maximum absolute atomic E-state index is 12.2. The molecular weight excluding hydrogens is 376 g/mol. The Kier molecular flexibility index (Phi) is 7.85. The van der Waals surface area contributed by atoms with Crippen LogP contribution in [-0.2, 0) is 22.5 Å². The standard InChI is InChI=1S/C24H32N4O2/c1-17-12-18(2)14-19(13-17)9-10-26-24(25-3)27-16-20-6-4-7-21(15-20)28-23(29)22-8-5-11-30-22/h4,6-7,12-15,22H,5,8-11,16H2,1-3H3,(H,28,29)(H2,25,26,27). The summed E-state index contributed by atoms with van der Waals surface area (Å²) in [5, 5.41) is 9.65. The summed E-state index contributed by atoms with van der Waals surface area (Å²) in [6.07, 6.45) is 2.34. The lowest BCUT2D eigenvalue weighted by molar-refractivity contribution is -0.124. The molecule has 1 atom stereocenters. The van der Waals surface area contributed by atoms with Crippen molar-refractivity contribution in [3.63, 3.8) is 0 Å². The van der Waals surface area contributed by atoms with Crippen molar-refractivity contribution in [3.05, 3.63) is 64.7 Å². The SMILES string of the molecule is CN=C(NCCc1cc(C)cc(C)c1)NCc1cccc(NC(=O)C2CCCO2)c1. The van der Waals surface area contributed by atoms with E-state index in [0.717, 1.165) is 43.0 Å². The molecule has 160 valence electrons. The first-order chi connectivity index (χ1) is 14.5. The number of nitrogens with one attached hydrogen (secondary N) is 3. The van der Waals surface area contributed by atoms with Crippen LogP contribution in [0.15, 0.2) is 47.5 Å². The van der Waals surface area contributed by atoms with Crippen molar-refractivity contribution in [2.75, 3.05) is 25.5 Å². The molecule has 30 heavy (non-hydrogen) atoms. The molecule has 1 fully saturated rings. The van der Waals surface area contributed by atoms with Gasteiger partial charge in [0.05, 0.1) is 0 Å². The van der Waals surface area contributed by atoms with Gasteiger partial charge in [0.25, 0.3) is 5.91 Å². The van der Waals surface area contributed by atoms with Crippen LogP contribution in [0, 0.1) is 13.8 Å². The molecule has 3 rings (SSSR count). The van der Waals surface area contributed by atoms with Crippen LogP contribution in [-0.4, -0.2) is 38.2 Å². The van der Waals surface area contributed by atoms with E-state index in [-0.39, 0.29) is 12.0 Å². The van der Waals surface area contributed by atoms with Crippen molar-refractivity contribution < 1.29 is 9.53 Å². The topological polar surface area (TPSA) is 74.8 Å². The van der Waals surface area contributed by atoms with Crippen LogP contribution in [0.2, 0.25) is 0 Å². The Morgan fingerprint density at radius 1 is 1.10 bits per heavy atom. The lowest BCUT2D eigenvalue weighted by Gasteiger charge is -2.14. The number of hydrogen-bond donors (Lipinski definition) is 3. The van der Waals surface area contributed by atoms with E-state index in [4.69, 9.17) is 4.74 Å². The number of amides is 1. The van der Waals surface area contributed by atoms with Crippen LogP contribution < -0.4 is 16.0 Å². The predicted octanol–water partition coefficient (Wildman–Crippen LogP) is 3.33. The van der Waals surface area contributed by atoms with Gasteiger partial charge in [-0.15, -0.1) is 0 Å². The maximum Gasteiger partial charge on any atom is 0.253 e. The second kappa shape index (κ2) is 10.8. The highest BCUT2D eigenvalue weighted by Gasteiger charge is 2.23. The average Bonchev–Trinajstić information content (AvgIpc) is 3.25. The molecule has 2 aromatic carbocycles. The monoisotopic (exact) mass is 408 g/mol. The third-order valence-corrected chi connectivity index (χ3v) is 5.09. The highest BCUT2D eigenvalue weighted by molar-refractivity contribution is 5.94. The number of carbonyl (C=O) groups excluding carboxylic acids is 1. The molecule has 1 aliphatic heterocycles. The fourth-order valence-corrected chi connectivity index (χ4v) is 3.71. The fourth-order valence-electron chi connectivity index (χ4n) is 3.71. The number of nitrogens with zero attached hydrogens (tertiary/aromatic N) is 1. The third kappa shape index (κ3) is 6.59. The second-order valence-electron chi connectivity index (χ2n) is 7.79. The number of benzene rings is 2. The number of aliphatic imine (C=N–C) groups is 1. The predicted molar refractivity (Wildman–Crippen MR) is 122 cm³/mol. The maximum atomic E-state index is 12.2. The van der Waals surface area contributed by atoms with E-state index in [9.17, 15) is 4.79 Å². The molecule has 0 aliphatic carbocycles. The van der Waals surface area contributed by atoms with E-state index >= 15 is 0 Å². The molecule has 6 heteroatoms. The molecule has 1 saturated heterocycles. The van der Waals surface area contributed by atoms with Gasteiger partial charge in [0, 0.05) is 32.4 Å². The number of hydrogen-bond acceptors (Lipinski definition) is 3. The van der Waals surface area contributed by atoms with Crippen molar-refractivity contribution in [2.45, 2.75) is 45.8 Å². The quantitative estimate of drug-likeness (QED) is 0.485. The Balaban J connectivity index is 1.46. The van der Waals surface area contributed by atoms with Gasteiger partial charge in [-0.3, -0.25) is 9.79 Å². The smallest absolute Gasteiger partial charge is 0.253 e. The van der Waals surface area contributed by atoms with Crippen molar-refractivity contribution in [1.82, 2.24) is 10.6 Å². The molecule has 0 saturated carbocycles. The van der Waals surface area contributed by atoms with Crippen LogP contribution >= 0.6 is 0 Å². The van der Waals surface area contributed by atoms with Crippen molar-refractivity contribution >= 4 is 17.6 Å². The molecule has 1 amide bonds. The Hall–Kier alpha value is -2.86. The third-order valence-electron chi connectivity index (χ3n) is 5.09. The van der Waals surface area contributed by atoms with E-state index in [1.165, 1.54) is 16.7 Å². The molecule has 0 bridgehead atoms. The highest BCUT2D eigenvalue weighted by Crippen LogP contribution is 2.16. The zero-order valence-corrected chi connectivity index (χ0v) is 18.1. The zero-order valence-electron chi connectivity index (χ0n) is 18.1. The van der Waals surface area contributed by atoms with Gasteiger partial charge in [-0.05, 0) is 56.4 Å². The Morgan fingerprint density at radius 3 is 2.60 bits per heavy atom. The summed E-state index contributed by atoms with van der Waals surface area (Å²) in [5.41, 5.74) is 5.76. The van der Waals surface area contributed by atoms with Crippen molar-refractivity contribution in [2.24, 2.45) is 4.99 Å². The number of aryl methyl sites for hydroxylation is 2. The molecule has 0 aromatic heterocycles. The number of anilines is 1. The summed E-state index contributed by atoms with van der Waals surface area (Å²) >= 11 is 0. The van der Waals surface area contributed by atoms with Crippen molar-refractivity contribution in [1.29, 1.82) is 0 Å². The summed E-state index contributed by atoms with van der Waals surface area (Å²) in [6.45, 7) is 6.34. The first kappa shape index (κ1) is 21.8. The van der Waals surface area contributed by atoms with Crippen molar-refractivity contribution in [3.8, 4) is 0 Å². The zero-order chi connectivity index (χ0) is 21.3. The summed E-state index contributed by atoms with van der Waals surface area (Å²) in [4.78, 5) is 16.5. The van der Waals surface area contributed by atoms with Gasteiger partial charge in [-0.2, -0.15) is 0 Å².